The van der Waals surface area contributed by atoms with E-state index < -0.39 is 0 Å². The van der Waals surface area contributed by atoms with Crippen LogP contribution in [0.25, 0.3) is 16.7 Å². The molecule has 0 saturated carbocycles. The SMILES string of the molecule is CC(C#N)c1cn2c(n1)c(N1C[C@@H](C)N(C(C)c3ccc4nccnc4c3)C[C@@H]1C)cc(=O)n2C. The number of hydrogen-bond donors (Lipinski definition) is 0. The fraction of sp³-hybridized carbons (Fsp3) is 0.423. The first-order valence-corrected chi connectivity index (χ1v) is 12.0. The third-order valence-electron chi connectivity index (χ3n) is 7.29. The number of piperazine rings is 1. The molecule has 1 aliphatic rings. The highest BCUT2D eigenvalue weighted by molar-refractivity contribution is 5.74. The maximum atomic E-state index is 12.8. The molecular formula is C26H30N8O. The second-order valence-electron chi connectivity index (χ2n) is 9.60. The van der Waals surface area contributed by atoms with E-state index in [1.165, 1.54) is 10.2 Å². The average molecular weight is 471 g/mol. The number of anilines is 1. The highest BCUT2D eigenvalue weighted by Crippen LogP contribution is 2.32. The topological polar surface area (TPSA) is 95.4 Å². The molecule has 0 radical (unpaired) electrons. The number of benzene rings is 1. The predicted molar refractivity (Wildman–Crippen MR) is 135 cm³/mol. The summed E-state index contributed by atoms with van der Waals surface area (Å²) >= 11 is 0. The van der Waals surface area contributed by atoms with Crippen LogP contribution in [0.1, 0.15) is 50.9 Å². The van der Waals surface area contributed by atoms with E-state index in [4.69, 9.17) is 4.98 Å². The second-order valence-corrected chi connectivity index (χ2v) is 9.60. The maximum Gasteiger partial charge on any atom is 0.267 e. The Hall–Kier alpha value is -3.77. The van der Waals surface area contributed by atoms with Crippen molar-refractivity contribution < 1.29 is 0 Å². The first kappa shape index (κ1) is 23.0. The summed E-state index contributed by atoms with van der Waals surface area (Å²) in [6, 6.07) is 10.8. The van der Waals surface area contributed by atoms with Gasteiger partial charge in [0.1, 0.15) is 0 Å². The Morgan fingerprint density at radius 2 is 1.80 bits per heavy atom. The van der Waals surface area contributed by atoms with Crippen LogP contribution in [-0.4, -0.2) is 54.2 Å². The van der Waals surface area contributed by atoms with Crippen LogP contribution in [0.15, 0.2) is 47.7 Å². The van der Waals surface area contributed by atoms with Gasteiger partial charge in [0, 0.05) is 56.7 Å². The van der Waals surface area contributed by atoms with Gasteiger partial charge in [-0.1, -0.05) is 6.07 Å². The summed E-state index contributed by atoms with van der Waals surface area (Å²) in [6.45, 7) is 10.1. The normalized spacial score (nSPS) is 20.7. The van der Waals surface area contributed by atoms with Crippen molar-refractivity contribution in [2.24, 2.45) is 7.05 Å². The summed E-state index contributed by atoms with van der Waals surface area (Å²) in [7, 11) is 1.72. The second kappa shape index (κ2) is 8.78. The van der Waals surface area contributed by atoms with E-state index in [0.717, 1.165) is 29.8 Å². The van der Waals surface area contributed by atoms with Crippen LogP contribution in [0.2, 0.25) is 0 Å². The summed E-state index contributed by atoms with van der Waals surface area (Å²) in [5.41, 5.74) is 5.10. The van der Waals surface area contributed by atoms with Crippen molar-refractivity contribution in [3.63, 3.8) is 0 Å². The molecule has 4 atom stereocenters. The van der Waals surface area contributed by atoms with Crippen LogP contribution in [-0.2, 0) is 7.05 Å². The number of nitriles is 1. The molecule has 0 aliphatic carbocycles. The minimum atomic E-state index is -0.349. The molecule has 0 spiro atoms. The average Bonchev–Trinajstić information content (AvgIpc) is 3.32. The van der Waals surface area contributed by atoms with E-state index in [0.29, 0.717) is 11.3 Å². The van der Waals surface area contributed by atoms with Crippen LogP contribution in [0.5, 0.6) is 0 Å². The number of hydrogen-bond acceptors (Lipinski definition) is 7. The molecule has 0 amide bonds. The Morgan fingerprint density at radius 3 is 2.54 bits per heavy atom. The van der Waals surface area contributed by atoms with Gasteiger partial charge >= 0.3 is 0 Å². The standard InChI is InChI=1S/C26H30N8O/c1-16(12-27)23-15-34-26(30-23)24(11-25(35)31(34)5)33-14-17(2)32(13-18(33)3)19(4)20-6-7-21-22(10-20)29-9-8-28-21/h6-11,15-19H,13-14H2,1-5H3/t16?,17-,18+,19?/m1/s1. The van der Waals surface area contributed by atoms with E-state index in [9.17, 15) is 10.1 Å². The summed E-state index contributed by atoms with van der Waals surface area (Å²) in [5, 5.41) is 9.37. The Balaban J connectivity index is 1.46. The summed E-state index contributed by atoms with van der Waals surface area (Å²) in [4.78, 5) is 31.2. The zero-order chi connectivity index (χ0) is 24.9. The minimum Gasteiger partial charge on any atom is -0.363 e. The van der Waals surface area contributed by atoms with Crippen molar-refractivity contribution in [3.8, 4) is 6.07 Å². The zero-order valence-corrected chi connectivity index (χ0v) is 20.8. The maximum absolute atomic E-state index is 12.8. The van der Waals surface area contributed by atoms with Crippen LogP contribution in [0, 0.1) is 11.3 Å². The molecule has 0 bridgehead atoms. The molecule has 1 aromatic carbocycles. The van der Waals surface area contributed by atoms with Crippen LogP contribution < -0.4 is 10.5 Å². The van der Waals surface area contributed by atoms with E-state index in [2.05, 4.69) is 58.7 Å². The fourth-order valence-corrected chi connectivity index (χ4v) is 5.12. The van der Waals surface area contributed by atoms with Crippen molar-refractivity contribution in [1.29, 1.82) is 5.26 Å². The number of fused-ring (bicyclic) bond motifs is 2. The van der Waals surface area contributed by atoms with Gasteiger partial charge in [0.15, 0.2) is 5.65 Å². The largest absolute Gasteiger partial charge is 0.363 e. The Labute approximate surface area is 204 Å². The molecule has 4 heterocycles. The molecule has 9 heteroatoms. The molecule has 1 fully saturated rings. The van der Waals surface area contributed by atoms with Crippen LogP contribution in [0.3, 0.4) is 0 Å². The van der Waals surface area contributed by atoms with Gasteiger partial charge in [-0.25, -0.2) is 14.2 Å². The quantitative estimate of drug-likeness (QED) is 0.452. The molecule has 1 saturated heterocycles. The Kier molecular flexibility index (Phi) is 5.77. The smallest absolute Gasteiger partial charge is 0.267 e. The summed E-state index contributed by atoms with van der Waals surface area (Å²) < 4.78 is 3.30. The van der Waals surface area contributed by atoms with E-state index in [1.807, 2.05) is 13.0 Å². The molecule has 3 aromatic heterocycles. The van der Waals surface area contributed by atoms with E-state index >= 15 is 0 Å². The van der Waals surface area contributed by atoms with Crippen molar-refractivity contribution in [2.75, 3.05) is 18.0 Å². The Bertz CT molecular complexity index is 1500. The number of aromatic nitrogens is 5. The minimum absolute atomic E-state index is 0.103. The lowest BCUT2D eigenvalue weighted by molar-refractivity contribution is 0.119. The van der Waals surface area contributed by atoms with Crippen molar-refractivity contribution in [1.82, 2.24) is 29.0 Å². The van der Waals surface area contributed by atoms with E-state index in [1.54, 1.807) is 36.2 Å². The highest BCUT2D eigenvalue weighted by atomic mass is 16.1. The van der Waals surface area contributed by atoms with Crippen molar-refractivity contribution in [2.45, 2.75) is 51.7 Å². The monoisotopic (exact) mass is 470 g/mol. The number of imidazole rings is 1. The molecule has 35 heavy (non-hydrogen) atoms. The molecule has 2 unspecified atom stereocenters. The summed E-state index contributed by atoms with van der Waals surface area (Å²) in [5.74, 6) is -0.349. The molecule has 5 rings (SSSR count). The Morgan fingerprint density at radius 1 is 1.06 bits per heavy atom. The van der Waals surface area contributed by atoms with Gasteiger partial charge in [0.05, 0.1) is 40.6 Å². The van der Waals surface area contributed by atoms with Gasteiger partial charge in [-0.15, -0.1) is 0 Å². The highest BCUT2D eigenvalue weighted by Gasteiger charge is 2.34. The molecule has 9 nitrogen and oxygen atoms in total. The first-order valence-electron chi connectivity index (χ1n) is 12.0. The van der Waals surface area contributed by atoms with Crippen LogP contribution in [0.4, 0.5) is 5.69 Å². The van der Waals surface area contributed by atoms with Crippen molar-refractivity contribution in [3.05, 3.63) is 64.5 Å². The number of nitrogens with zero attached hydrogens (tertiary/aromatic N) is 8. The third kappa shape index (κ3) is 3.94. The van der Waals surface area contributed by atoms with Crippen molar-refractivity contribution >= 4 is 22.4 Å². The van der Waals surface area contributed by atoms with Gasteiger partial charge in [0.25, 0.3) is 5.56 Å². The zero-order valence-electron chi connectivity index (χ0n) is 20.8. The molecular weight excluding hydrogens is 440 g/mol. The lowest BCUT2D eigenvalue weighted by atomic mass is 10.00. The molecule has 1 aliphatic heterocycles. The predicted octanol–water partition coefficient (Wildman–Crippen LogP) is 3.26. The van der Waals surface area contributed by atoms with Gasteiger partial charge in [-0.3, -0.25) is 19.7 Å². The van der Waals surface area contributed by atoms with Gasteiger partial charge in [0.2, 0.25) is 0 Å². The van der Waals surface area contributed by atoms with E-state index in [-0.39, 0.29) is 29.6 Å². The lowest BCUT2D eigenvalue weighted by Crippen LogP contribution is -2.57. The number of rotatable bonds is 4. The summed E-state index contributed by atoms with van der Waals surface area (Å²) in [6.07, 6.45) is 5.23. The third-order valence-corrected chi connectivity index (χ3v) is 7.29. The fourth-order valence-electron chi connectivity index (χ4n) is 5.12. The first-order chi connectivity index (χ1) is 16.8. The van der Waals surface area contributed by atoms with Gasteiger partial charge < -0.3 is 4.90 Å². The molecule has 4 aromatic rings. The lowest BCUT2D eigenvalue weighted by Gasteiger charge is -2.47. The van der Waals surface area contributed by atoms with Crippen LogP contribution >= 0.6 is 0 Å². The molecule has 180 valence electrons. The van der Waals surface area contributed by atoms with Gasteiger partial charge in [-0.05, 0) is 45.4 Å². The molecule has 0 N–H and O–H groups in total. The number of aryl methyl sites for hydroxylation is 1. The van der Waals surface area contributed by atoms with Gasteiger partial charge in [-0.2, -0.15) is 5.26 Å².